The number of nitrogens with zero attached hydrogens (tertiary/aromatic N) is 1. The number of carbonyl (C=O) groups excluding carboxylic acids is 2. The Morgan fingerprint density at radius 3 is 2.38 bits per heavy atom. The van der Waals surface area contributed by atoms with Crippen LogP contribution in [0, 0.1) is 0 Å². The molecule has 0 bridgehead atoms. The molecule has 1 atom stereocenters. The first-order chi connectivity index (χ1) is 14.0. The Morgan fingerprint density at radius 1 is 0.862 bits per heavy atom. The van der Waals surface area contributed by atoms with E-state index in [0.717, 1.165) is 5.56 Å². The molecule has 2 aliphatic heterocycles. The molecule has 5 rings (SSSR count). The summed E-state index contributed by atoms with van der Waals surface area (Å²) >= 11 is 12.1. The first kappa shape index (κ1) is 18.0. The van der Waals surface area contributed by atoms with Gasteiger partial charge in [0.05, 0.1) is 5.56 Å². The maximum Gasteiger partial charge on any atom is 0.276 e. The monoisotopic (exact) mass is 423 g/mol. The van der Waals surface area contributed by atoms with Crippen molar-refractivity contribution in [2.24, 2.45) is 0 Å². The van der Waals surface area contributed by atoms with Gasteiger partial charge in [-0.05, 0) is 42.0 Å². The Hall–Kier alpha value is -3.02. The van der Waals surface area contributed by atoms with Crippen LogP contribution >= 0.6 is 23.2 Å². The van der Waals surface area contributed by atoms with Crippen molar-refractivity contribution >= 4 is 46.4 Å². The SMILES string of the molecule is O=C1c2cc(Cl)ccc2N[C@]2(C(=O)Nc3ccccc32)N1Cc1ccc(Cl)cc1. The molecule has 0 aliphatic carbocycles. The van der Waals surface area contributed by atoms with Crippen LogP contribution in [0.5, 0.6) is 0 Å². The summed E-state index contributed by atoms with van der Waals surface area (Å²) < 4.78 is 0. The number of benzene rings is 3. The average Bonchev–Trinajstić information content (AvgIpc) is 2.99. The maximum absolute atomic E-state index is 13.6. The second kappa shape index (κ2) is 6.51. The Balaban J connectivity index is 1.71. The predicted molar refractivity (Wildman–Crippen MR) is 113 cm³/mol. The molecule has 2 N–H and O–H groups in total. The van der Waals surface area contributed by atoms with E-state index in [1.807, 2.05) is 36.4 Å². The summed E-state index contributed by atoms with van der Waals surface area (Å²) in [5.41, 5.74) is 1.87. The van der Waals surface area contributed by atoms with E-state index in [2.05, 4.69) is 10.6 Å². The molecular weight excluding hydrogens is 409 g/mol. The highest BCUT2D eigenvalue weighted by Crippen LogP contribution is 2.46. The van der Waals surface area contributed by atoms with Crippen molar-refractivity contribution in [1.29, 1.82) is 0 Å². The summed E-state index contributed by atoms with van der Waals surface area (Å²) in [6, 6.07) is 19.6. The number of para-hydroxylation sites is 1. The quantitative estimate of drug-likeness (QED) is 0.618. The van der Waals surface area contributed by atoms with Gasteiger partial charge < -0.3 is 10.6 Å². The first-order valence-corrected chi connectivity index (χ1v) is 9.80. The van der Waals surface area contributed by atoms with Gasteiger partial charge in [0.1, 0.15) is 0 Å². The van der Waals surface area contributed by atoms with E-state index in [1.165, 1.54) is 0 Å². The van der Waals surface area contributed by atoms with Crippen molar-refractivity contribution in [3.05, 3.63) is 93.5 Å². The number of hydrogen-bond acceptors (Lipinski definition) is 3. The van der Waals surface area contributed by atoms with Gasteiger partial charge >= 0.3 is 0 Å². The van der Waals surface area contributed by atoms with E-state index < -0.39 is 5.66 Å². The van der Waals surface area contributed by atoms with Crippen molar-refractivity contribution in [3.8, 4) is 0 Å². The molecule has 0 aromatic heterocycles. The third-order valence-electron chi connectivity index (χ3n) is 5.33. The van der Waals surface area contributed by atoms with Crippen LogP contribution < -0.4 is 10.6 Å². The molecule has 0 saturated carbocycles. The van der Waals surface area contributed by atoms with Crippen molar-refractivity contribution in [2.45, 2.75) is 12.2 Å². The zero-order chi connectivity index (χ0) is 20.2. The van der Waals surface area contributed by atoms with E-state index in [1.54, 1.807) is 35.2 Å². The number of hydrogen-bond donors (Lipinski definition) is 2. The number of amides is 2. The van der Waals surface area contributed by atoms with Crippen LogP contribution in [-0.4, -0.2) is 16.7 Å². The van der Waals surface area contributed by atoms with E-state index in [9.17, 15) is 9.59 Å². The number of nitrogens with one attached hydrogen (secondary N) is 2. The molecule has 0 saturated heterocycles. The van der Waals surface area contributed by atoms with E-state index in [-0.39, 0.29) is 18.4 Å². The van der Waals surface area contributed by atoms with Crippen LogP contribution in [0.1, 0.15) is 21.5 Å². The molecule has 2 heterocycles. The van der Waals surface area contributed by atoms with Gasteiger partial charge in [0, 0.05) is 33.5 Å². The van der Waals surface area contributed by atoms with Gasteiger partial charge in [-0.3, -0.25) is 14.5 Å². The predicted octanol–water partition coefficient (Wildman–Crippen LogP) is 4.87. The van der Waals surface area contributed by atoms with Crippen LogP contribution in [0.4, 0.5) is 11.4 Å². The van der Waals surface area contributed by atoms with Gasteiger partial charge in [-0.1, -0.05) is 53.5 Å². The number of halogens is 2. The lowest BCUT2D eigenvalue weighted by Gasteiger charge is -2.44. The first-order valence-electron chi connectivity index (χ1n) is 9.04. The average molecular weight is 424 g/mol. The Morgan fingerprint density at radius 2 is 1.59 bits per heavy atom. The fourth-order valence-electron chi connectivity index (χ4n) is 3.96. The molecule has 3 aromatic carbocycles. The molecule has 7 heteroatoms. The molecule has 2 amide bonds. The van der Waals surface area contributed by atoms with Crippen LogP contribution in [0.15, 0.2) is 66.7 Å². The Kier molecular flexibility index (Phi) is 4.05. The third kappa shape index (κ3) is 2.69. The highest BCUT2D eigenvalue weighted by Gasteiger charge is 2.56. The molecule has 144 valence electrons. The number of fused-ring (bicyclic) bond motifs is 3. The minimum absolute atomic E-state index is 0.219. The molecule has 3 aromatic rings. The number of anilines is 2. The number of rotatable bonds is 2. The lowest BCUT2D eigenvalue weighted by molar-refractivity contribution is -0.125. The van der Waals surface area contributed by atoms with Gasteiger partial charge in [0.25, 0.3) is 11.8 Å². The molecule has 2 aliphatic rings. The van der Waals surface area contributed by atoms with Crippen molar-refractivity contribution in [1.82, 2.24) is 4.90 Å². The van der Waals surface area contributed by atoms with Gasteiger partial charge in [0.15, 0.2) is 0 Å². The molecule has 0 fully saturated rings. The Labute approximate surface area is 177 Å². The zero-order valence-corrected chi connectivity index (χ0v) is 16.6. The van der Waals surface area contributed by atoms with Crippen LogP contribution in [0.2, 0.25) is 10.0 Å². The van der Waals surface area contributed by atoms with Gasteiger partial charge in [0.2, 0.25) is 5.66 Å². The highest BCUT2D eigenvalue weighted by molar-refractivity contribution is 6.31. The molecular formula is C22H15Cl2N3O2. The maximum atomic E-state index is 13.6. The summed E-state index contributed by atoms with van der Waals surface area (Å²) in [5, 5.41) is 7.29. The van der Waals surface area contributed by atoms with Crippen LogP contribution in [0.3, 0.4) is 0 Å². The largest absolute Gasteiger partial charge is 0.350 e. The standard InChI is InChI=1S/C22H15Cl2N3O2/c23-14-7-5-13(6-8-14)12-27-20(28)16-11-15(24)9-10-18(16)26-22(27)17-3-1-2-4-19(17)25-21(22)29/h1-11,26H,12H2,(H,25,29)/t22-/m0/s1. The normalized spacial score (nSPS) is 19.6. The molecule has 0 unspecified atom stereocenters. The summed E-state index contributed by atoms with van der Waals surface area (Å²) in [5.74, 6) is -0.579. The second-order valence-electron chi connectivity index (χ2n) is 7.04. The van der Waals surface area contributed by atoms with Crippen molar-refractivity contribution in [3.63, 3.8) is 0 Å². The molecule has 0 radical (unpaired) electrons. The van der Waals surface area contributed by atoms with Crippen molar-refractivity contribution < 1.29 is 9.59 Å². The minimum atomic E-state index is -1.35. The summed E-state index contributed by atoms with van der Waals surface area (Å²) in [6.07, 6.45) is 0. The van der Waals surface area contributed by atoms with Gasteiger partial charge in [-0.2, -0.15) is 0 Å². The summed E-state index contributed by atoms with van der Waals surface area (Å²) in [6.45, 7) is 0.219. The fourth-order valence-corrected chi connectivity index (χ4v) is 4.26. The second-order valence-corrected chi connectivity index (χ2v) is 7.92. The van der Waals surface area contributed by atoms with Gasteiger partial charge in [-0.25, -0.2) is 0 Å². The highest BCUT2D eigenvalue weighted by atomic mass is 35.5. The Bertz CT molecular complexity index is 1160. The smallest absolute Gasteiger partial charge is 0.276 e. The minimum Gasteiger partial charge on any atom is -0.350 e. The lowest BCUT2D eigenvalue weighted by Crippen LogP contribution is -2.60. The van der Waals surface area contributed by atoms with Crippen molar-refractivity contribution in [2.75, 3.05) is 10.6 Å². The lowest BCUT2D eigenvalue weighted by atomic mass is 9.92. The van der Waals surface area contributed by atoms with Crippen LogP contribution in [0.25, 0.3) is 0 Å². The molecule has 5 nitrogen and oxygen atoms in total. The summed E-state index contributed by atoms with van der Waals surface area (Å²) in [4.78, 5) is 28.4. The third-order valence-corrected chi connectivity index (χ3v) is 5.81. The van der Waals surface area contributed by atoms with Crippen LogP contribution in [-0.2, 0) is 17.0 Å². The van der Waals surface area contributed by atoms with E-state index >= 15 is 0 Å². The summed E-state index contributed by atoms with van der Waals surface area (Å²) in [7, 11) is 0. The number of carbonyl (C=O) groups is 2. The molecule has 1 spiro atoms. The fraction of sp³-hybridized carbons (Fsp3) is 0.0909. The van der Waals surface area contributed by atoms with Gasteiger partial charge in [-0.15, -0.1) is 0 Å². The molecule has 29 heavy (non-hydrogen) atoms. The topological polar surface area (TPSA) is 61.4 Å². The van der Waals surface area contributed by atoms with E-state index in [4.69, 9.17) is 23.2 Å². The van der Waals surface area contributed by atoms with E-state index in [0.29, 0.717) is 32.5 Å². The zero-order valence-electron chi connectivity index (χ0n) is 15.1.